The Morgan fingerprint density at radius 2 is 1.92 bits per heavy atom. The highest BCUT2D eigenvalue weighted by molar-refractivity contribution is 5.95. The van der Waals surface area contributed by atoms with Crippen molar-refractivity contribution >= 4 is 22.5 Å². The van der Waals surface area contributed by atoms with Gasteiger partial charge >= 0.3 is 0 Å². The first-order chi connectivity index (χ1) is 11.6. The Morgan fingerprint density at radius 3 is 2.62 bits per heavy atom. The van der Waals surface area contributed by atoms with Gasteiger partial charge in [-0.2, -0.15) is 0 Å². The number of benzene rings is 1. The van der Waals surface area contributed by atoms with Gasteiger partial charge in [-0.3, -0.25) is 4.79 Å². The lowest BCUT2D eigenvalue weighted by atomic mass is 10.1. The molecule has 0 bridgehead atoms. The van der Waals surface area contributed by atoms with Gasteiger partial charge in [0.25, 0.3) is 5.91 Å². The molecule has 1 amide bonds. The van der Waals surface area contributed by atoms with Crippen molar-refractivity contribution in [2.24, 2.45) is 10.2 Å². The van der Waals surface area contributed by atoms with Crippen LogP contribution in [0.4, 0.5) is 5.69 Å². The fraction of sp³-hybridized carbons (Fsp3) is 0.526. The predicted molar refractivity (Wildman–Crippen MR) is 96.9 cm³/mol. The smallest absolute Gasteiger partial charge is 0.264 e. The summed E-state index contributed by atoms with van der Waals surface area (Å²) in [6, 6.07) is 6.00. The molecule has 0 saturated heterocycles. The third-order valence-corrected chi connectivity index (χ3v) is 4.16. The lowest BCUT2D eigenvalue weighted by molar-refractivity contribution is -0.118. The molecule has 1 aromatic heterocycles. The second kappa shape index (κ2) is 8.62. The highest BCUT2D eigenvalue weighted by atomic mass is 16.3. The molecule has 5 nitrogen and oxygen atoms in total. The molecule has 2 rings (SSSR count). The minimum absolute atomic E-state index is 0.0961. The summed E-state index contributed by atoms with van der Waals surface area (Å²) in [5.41, 5.74) is 2.42. The highest BCUT2D eigenvalue weighted by Gasteiger charge is 2.17. The average molecular weight is 329 g/mol. The summed E-state index contributed by atoms with van der Waals surface area (Å²) in [6.07, 6.45) is 5.38. The number of carbonyl (C=O) groups excluding carboxylic acids is 1. The maximum atomic E-state index is 11.8. The molecule has 24 heavy (non-hydrogen) atoms. The second-order valence-electron chi connectivity index (χ2n) is 6.25. The van der Waals surface area contributed by atoms with E-state index in [-0.39, 0.29) is 11.8 Å². The summed E-state index contributed by atoms with van der Waals surface area (Å²) in [6.45, 7) is 6.91. The molecule has 1 aromatic carbocycles. The molecule has 0 fully saturated rings. The van der Waals surface area contributed by atoms with E-state index in [0.29, 0.717) is 12.1 Å². The minimum Gasteiger partial charge on any atom is -0.493 e. The predicted octanol–water partition coefficient (Wildman–Crippen LogP) is 5.65. The fourth-order valence-electron chi connectivity index (χ4n) is 2.77. The molecular formula is C19H27N3O2. The molecule has 130 valence electrons. The number of hydrogen-bond acceptors (Lipinski definition) is 3. The Balaban J connectivity index is 2.37. The molecule has 0 saturated carbocycles. The van der Waals surface area contributed by atoms with Crippen LogP contribution in [0.1, 0.15) is 57.9 Å². The number of aromatic hydroxyl groups is 1. The zero-order valence-electron chi connectivity index (χ0n) is 14.9. The zero-order valence-corrected chi connectivity index (χ0v) is 14.9. The van der Waals surface area contributed by atoms with Crippen LogP contribution >= 0.6 is 0 Å². The molecule has 0 aliphatic rings. The van der Waals surface area contributed by atoms with Gasteiger partial charge in [-0.05, 0) is 31.9 Å². The van der Waals surface area contributed by atoms with Gasteiger partial charge in [0.2, 0.25) is 5.88 Å². The standard InChI is InChI=1S/C19H27N3O2/c1-4-6-8-12-22-16-11-10-14(3)13-15(16)18(19(22)24)21-20-17(23)9-7-5-2/h10-11,13,24H,4-9,12H2,1-3H3. The van der Waals surface area contributed by atoms with Crippen molar-refractivity contribution in [3.63, 3.8) is 0 Å². The van der Waals surface area contributed by atoms with Crippen LogP contribution in [0.2, 0.25) is 0 Å². The van der Waals surface area contributed by atoms with Gasteiger partial charge in [0, 0.05) is 18.4 Å². The number of aromatic nitrogens is 1. The van der Waals surface area contributed by atoms with Gasteiger partial charge < -0.3 is 9.67 Å². The van der Waals surface area contributed by atoms with Gasteiger partial charge in [-0.15, -0.1) is 10.2 Å². The lowest BCUT2D eigenvalue weighted by Gasteiger charge is -2.06. The number of amides is 1. The van der Waals surface area contributed by atoms with Gasteiger partial charge in [0.05, 0.1) is 5.52 Å². The summed E-state index contributed by atoms with van der Waals surface area (Å²) >= 11 is 0. The van der Waals surface area contributed by atoms with Crippen LogP contribution in [0.3, 0.4) is 0 Å². The Morgan fingerprint density at radius 1 is 1.17 bits per heavy atom. The van der Waals surface area contributed by atoms with Crippen molar-refractivity contribution in [3.8, 4) is 5.88 Å². The number of unbranched alkanes of at least 4 members (excludes halogenated alkanes) is 3. The Labute approximate surface area is 143 Å². The Kier molecular flexibility index (Phi) is 6.53. The quantitative estimate of drug-likeness (QED) is 0.502. The average Bonchev–Trinajstić information content (AvgIpc) is 2.82. The maximum absolute atomic E-state index is 11.8. The molecule has 0 atom stereocenters. The van der Waals surface area contributed by atoms with E-state index in [1.807, 2.05) is 36.6 Å². The van der Waals surface area contributed by atoms with Crippen molar-refractivity contribution in [3.05, 3.63) is 23.8 Å². The fourth-order valence-corrected chi connectivity index (χ4v) is 2.77. The summed E-state index contributed by atoms with van der Waals surface area (Å²) < 4.78 is 1.87. The normalized spacial score (nSPS) is 11.6. The first-order valence-corrected chi connectivity index (χ1v) is 8.84. The molecule has 5 heteroatoms. The van der Waals surface area contributed by atoms with Crippen molar-refractivity contribution < 1.29 is 9.90 Å². The van der Waals surface area contributed by atoms with Crippen LogP contribution in [-0.2, 0) is 11.3 Å². The van der Waals surface area contributed by atoms with Crippen molar-refractivity contribution in [1.29, 1.82) is 0 Å². The lowest BCUT2D eigenvalue weighted by Crippen LogP contribution is -1.96. The molecule has 0 radical (unpaired) electrons. The van der Waals surface area contributed by atoms with E-state index < -0.39 is 0 Å². The van der Waals surface area contributed by atoms with E-state index >= 15 is 0 Å². The van der Waals surface area contributed by atoms with Gasteiger partial charge in [-0.25, -0.2) is 0 Å². The first-order valence-electron chi connectivity index (χ1n) is 8.84. The van der Waals surface area contributed by atoms with Gasteiger partial charge in [0.1, 0.15) is 0 Å². The molecule has 0 unspecified atom stereocenters. The van der Waals surface area contributed by atoms with Gasteiger partial charge in [-0.1, -0.05) is 44.7 Å². The summed E-state index contributed by atoms with van der Waals surface area (Å²) in [7, 11) is 0. The zero-order chi connectivity index (χ0) is 17.5. The third kappa shape index (κ3) is 4.22. The van der Waals surface area contributed by atoms with E-state index in [1.165, 1.54) is 0 Å². The molecule has 1 heterocycles. The molecule has 1 N–H and O–H groups in total. The van der Waals surface area contributed by atoms with Crippen molar-refractivity contribution in [2.75, 3.05) is 0 Å². The maximum Gasteiger partial charge on any atom is 0.264 e. The van der Waals surface area contributed by atoms with Crippen molar-refractivity contribution in [1.82, 2.24) is 4.57 Å². The van der Waals surface area contributed by atoms with Crippen LogP contribution in [0.15, 0.2) is 28.4 Å². The number of rotatable bonds is 8. The number of aryl methyl sites for hydroxylation is 2. The highest BCUT2D eigenvalue weighted by Crippen LogP contribution is 2.39. The topological polar surface area (TPSA) is 66.9 Å². The van der Waals surface area contributed by atoms with Crippen LogP contribution < -0.4 is 0 Å². The Hall–Kier alpha value is -2.17. The number of carbonyl (C=O) groups is 1. The van der Waals surface area contributed by atoms with Gasteiger partial charge in [0.15, 0.2) is 5.69 Å². The monoisotopic (exact) mass is 329 g/mol. The summed E-state index contributed by atoms with van der Waals surface area (Å²) in [5.74, 6) is -0.144. The van der Waals surface area contributed by atoms with Crippen LogP contribution in [-0.4, -0.2) is 15.6 Å². The summed E-state index contributed by atoms with van der Waals surface area (Å²) in [4.78, 5) is 11.8. The van der Waals surface area contributed by atoms with E-state index in [4.69, 9.17) is 0 Å². The van der Waals surface area contributed by atoms with E-state index in [1.54, 1.807) is 0 Å². The third-order valence-electron chi connectivity index (χ3n) is 4.16. The van der Waals surface area contributed by atoms with Crippen LogP contribution in [0, 0.1) is 6.92 Å². The van der Waals surface area contributed by atoms with E-state index in [9.17, 15) is 9.90 Å². The van der Waals surface area contributed by atoms with Crippen LogP contribution in [0.5, 0.6) is 5.88 Å². The molecular weight excluding hydrogens is 302 g/mol. The molecule has 0 spiro atoms. The van der Waals surface area contributed by atoms with E-state index in [2.05, 4.69) is 17.2 Å². The number of azo groups is 1. The summed E-state index contributed by atoms with van der Waals surface area (Å²) in [5, 5.41) is 19.3. The minimum atomic E-state index is -0.240. The second-order valence-corrected chi connectivity index (χ2v) is 6.25. The van der Waals surface area contributed by atoms with Crippen LogP contribution in [0.25, 0.3) is 10.9 Å². The Bertz CT molecular complexity index is 732. The largest absolute Gasteiger partial charge is 0.493 e. The molecule has 0 aliphatic heterocycles. The number of hydrogen-bond donors (Lipinski definition) is 1. The molecule has 2 aromatic rings. The number of fused-ring (bicyclic) bond motifs is 1. The first kappa shape index (κ1) is 18.2. The number of nitrogens with zero attached hydrogens (tertiary/aromatic N) is 3. The van der Waals surface area contributed by atoms with E-state index in [0.717, 1.165) is 55.1 Å². The SMILES string of the molecule is CCCCCn1c(O)c(N=NC(=O)CCCC)c2cc(C)ccc21. The molecule has 0 aliphatic carbocycles. The van der Waals surface area contributed by atoms with Crippen molar-refractivity contribution in [2.45, 2.75) is 65.8 Å².